The molecule has 0 saturated heterocycles. The first-order valence-electron chi connectivity index (χ1n) is 6.74. The van der Waals surface area contributed by atoms with E-state index >= 15 is 0 Å². The molecule has 0 aromatic carbocycles. The molecule has 0 amide bonds. The van der Waals surface area contributed by atoms with Gasteiger partial charge in [-0.15, -0.1) is 0 Å². The van der Waals surface area contributed by atoms with E-state index in [1.165, 1.54) is 0 Å². The van der Waals surface area contributed by atoms with Crippen molar-refractivity contribution in [2.75, 3.05) is 26.3 Å². The normalized spacial score (nSPS) is 18.6. The molecule has 3 heterocycles. The molecule has 106 valence electrons. The van der Waals surface area contributed by atoms with Crippen molar-refractivity contribution in [3.05, 3.63) is 29.5 Å². The maximum Gasteiger partial charge on any atom is 0.483 e. The van der Waals surface area contributed by atoms with Gasteiger partial charge in [0.1, 0.15) is 13.2 Å². The van der Waals surface area contributed by atoms with Crippen molar-refractivity contribution in [2.45, 2.75) is 13.0 Å². The molecule has 0 saturated carbocycles. The fourth-order valence-electron chi connectivity index (χ4n) is 2.41. The highest BCUT2D eigenvalue weighted by atomic mass is 16.6. The Morgan fingerprint density at radius 2 is 2.05 bits per heavy atom. The SMILES string of the molecule is OB(O)C1=CCN(Cc2cc3c(cn2)OCCO3)CC1. The second-order valence-corrected chi connectivity index (χ2v) is 4.96. The number of nitrogens with zero attached hydrogens (tertiary/aromatic N) is 2. The average molecular weight is 276 g/mol. The van der Waals surface area contributed by atoms with Crippen molar-refractivity contribution in [3.8, 4) is 11.5 Å². The Labute approximate surface area is 117 Å². The Morgan fingerprint density at radius 1 is 1.25 bits per heavy atom. The molecule has 0 spiro atoms. The summed E-state index contributed by atoms with van der Waals surface area (Å²) in [7, 11) is -1.33. The van der Waals surface area contributed by atoms with E-state index in [0.29, 0.717) is 43.9 Å². The van der Waals surface area contributed by atoms with Gasteiger partial charge >= 0.3 is 7.12 Å². The molecule has 0 atom stereocenters. The number of fused-ring (bicyclic) bond motifs is 1. The lowest BCUT2D eigenvalue weighted by Crippen LogP contribution is -2.32. The molecule has 0 radical (unpaired) electrons. The number of pyridine rings is 1. The Kier molecular flexibility index (Phi) is 3.91. The lowest BCUT2D eigenvalue weighted by atomic mass is 9.76. The van der Waals surface area contributed by atoms with Gasteiger partial charge in [0, 0.05) is 25.7 Å². The second-order valence-electron chi connectivity index (χ2n) is 4.96. The Morgan fingerprint density at radius 3 is 2.75 bits per heavy atom. The number of rotatable bonds is 3. The summed E-state index contributed by atoms with van der Waals surface area (Å²) in [5.74, 6) is 1.45. The minimum Gasteiger partial charge on any atom is -0.486 e. The van der Waals surface area contributed by atoms with Crippen LogP contribution in [0.25, 0.3) is 0 Å². The molecule has 2 aliphatic rings. The predicted octanol–water partition coefficient (Wildman–Crippen LogP) is -0.00310. The Bertz CT molecular complexity index is 521. The summed E-state index contributed by atoms with van der Waals surface area (Å²) in [5, 5.41) is 18.2. The summed E-state index contributed by atoms with van der Waals surface area (Å²) in [6.07, 6.45) is 4.24. The maximum atomic E-state index is 9.11. The van der Waals surface area contributed by atoms with Crippen molar-refractivity contribution < 1.29 is 19.5 Å². The minimum absolute atomic E-state index is 0.567. The van der Waals surface area contributed by atoms with Gasteiger partial charge in [-0.2, -0.15) is 0 Å². The first kappa shape index (κ1) is 13.4. The highest BCUT2D eigenvalue weighted by molar-refractivity contribution is 6.50. The molecule has 0 aliphatic carbocycles. The molecule has 2 aliphatic heterocycles. The third-order valence-corrected chi connectivity index (χ3v) is 3.53. The predicted molar refractivity (Wildman–Crippen MR) is 73.4 cm³/mol. The molecule has 20 heavy (non-hydrogen) atoms. The molecule has 7 heteroatoms. The first-order chi connectivity index (χ1) is 9.72. The summed E-state index contributed by atoms with van der Waals surface area (Å²) in [6, 6.07) is 1.91. The van der Waals surface area contributed by atoms with E-state index in [-0.39, 0.29) is 0 Å². The molecule has 2 N–H and O–H groups in total. The number of hydrogen-bond acceptors (Lipinski definition) is 6. The lowest BCUT2D eigenvalue weighted by molar-refractivity contribution is 0.170. The standard InChI is InChI=1S/C13H17BN2O4/c17-14(18)10-1-3-16(4-2-10)9-11-7-12-13(8-15-11)20-6-5-19-12/h1,7-8,17-18H,2-6,9H2. The van der Waals surface area contributed by atoms with Gasteiger partial charge in [0.25, 0.3) is 0 Å². The van der Waals surface area contributed by atoms with Gasteiger partial charge in [-0.05, 0) is 11.9 Å². The Hall–Kier alpha value is -1.57. The van der Waals surface area contributed by atoms with Gasteiger partial charge in [0.05, 0.1) is 11.9 Å². The van der Waals surface area contributed by atoms with Crippen LogP contribution in [0.4, 0.5) is 0 Å². The van der Waals surface area contributed by atoms with Crippen LogP contribution in [-0.2, 0) is 6.54 Å². The first-order valence-corrected chi connectivity index (χ1v) is 6.74. The van der Waals surface area contributed by atoms with Gasteiger partial charge in [0.15, 0.2) is 11.5 Å². The molecule has 1 aromatic heterocycles. The smallest absolute Gasteiger partial charge is 0.483 e. The lowest BCUT2D eigenvalue weighted by Gasteiger charge is -2.26. The molecule has 6 nitrogen and oxygen atoms in total. The van der Waals surface area contributed by atoms with E-state index in [0.717, 1.165) is 18.0 Å². The van der Waals surface area contributed by atoms with E-state index in [1.807, 2.05) is 12.1 Å². The quantitative estimate of drug-likeness (QED) is 0.757. The van der Waals surface area contributed by atoms with E-state index in [2.05, 4.69) is 9.88 Å². The van der Waals surface area contributed by atoms with Gasteiger partial charge in [0.2, 0.25) is 0 Å². The maximum absolute atomic E-state index is 9.11. The third-order valence-electron chi connectivity index (χ3n) is 3.53. The van der Waals surface area contributed by atoms with Crippen molar-refractivity contribution in [3.63, 3.8) is 0 Å². The van der Waals surface area contributed by atoms with Crippen LogP contribution >= 0.6 is 0 Å². The molecular weight excluding hydrogens is 259 g/mol. The van der Waals surface area contributed by atoms with E-state index < -0.39 is 7.12 Å². The van der Waals surface area contributed by atoms with Crippen LogP contribution in [0.3, 0.4) is 0 Å². The molecule has 0 fully saturated rings. The zero-order chi connectivity index (χ0) is 13.9. The summed E-state index contributed by atoms with van der Waals surface area (Å²) in [4.78, 5) is 6.57. The van der Waals surface area contributed by atoms with E-state index in [9.17, 15) is 0 Å². The fraction of sp³-hybridized carbons (Fsp3) is 0.462. The van der Waals surface area contributed by atoms with E-state index in [1.54, 1.807) is 6.20 Å². The van der Waals surface area contributed by atoms with Crippen molar-refractivity contribution in [1.82, 2.24) is 9.88 Å². The molecule has 1 aromatic rings. The van der Waals surface area contributed by atoms with Crippen LogP contribution in [0.5, 0.6) is 11.5 Å². The fourth-order valence-corrected chi connectivity index (χ4v) is 2.41. The van der Waals surface area contributed by atoms with Crippen molar-refractivity contribution in [1.29, 1.82) is 0 Å². The summed E-state index contributed by atoms with van der Waals surface area (Å²) < 4.78 is 11.0. The van der Waals surface area contributed by atoms with Crippen LogP contribution in [0.15, 0.2) is 23.8 Å². The van der Waals surface area contributed by atoms with Crippen LogP contribution in [0.2, 0.25) is 0 Å². The zero-order valence-electron chi connectivity index (χ0n) is 11.2. The highest BCUT2D eigenvalue weighted by Gasteiger charge is 2.21. The van der Waals surface area contributed by atoms with Gasteiger partial charge in [-0.3, -0.25) is 9.88 Å². The second kappa shape index (κ2) is 5.82. The molecule has 3 rings (SSSR count). The largest absolute Gasteiger partial charge is 0.486 e. The van der Waals surface area contributed by atoms with Crippen LogP contribution in [-0.4, -0.2) is 53.4 Å². The van der Waals surface area contributed by atoms with Crippen LogP contribution in [0, 0.1) is 0 Å². The highest BCUT2D eigenvalue weighted by Crippen LogP contribution is 2.29. The topological polar surface area (TPSA) is 75.1 Å². The monoisotopic (exact) mass is 276 g/mol. The number of hydrogen-bond donors (Lipinski definition) is 2. The summed E-state index contributed by atoms with van der Waals surface area (Å²) >= 11 is 0. The molecular formula is C13H17BN2O4. The summed E-state index contributed by atoms with van der Waals surface area (Å²) in [5.41, 5.74) is 1.62. The zero-order valence-corrected chi connectivity index (χ0v) is 11.2. The van der Waals surface area contributed by atoms with E-state index in [4.69, 9.17) is 19.5 Å². The molecule has 0 unspecified atom stereocenters. The summed E-state index contributed by atoms with van der Waals surface area (Å²) in [6.45, 7) is 3.34. The van der Waals surface area contributed by atoms with Crippen LogP contribution in [0.1, 0.15) is 12.1 Å². The molecule has 0 bridgehead atoms. The number of ether oxygens (including phenoxy) is 2. The van der Waals surface area contributed by atoms with Crippen LogP contribution < -0.4 is 9.47 Å². The van der Waals surface area contributed by atoms with Gasteiger partial charge in [-0.25, -0.2) is 0 Å². The third kappa shape index (κ3) is 2.95. The minimum atomic E-state index is -1.33. The van der Waals surface area contributed by atoms with Gasteiger partial charge < -0.3 is 19.5 Å². The van der Waals surface area contributed by atoms with Crippen molar-refractivity contribution >= 4 is 7.12 Å². The van der Waals surface area contributed by atoms with Gasteiger partial charge in [-0.1, -0.05) is 6.08 Å². The Balaban J connectivity index is 1.64. The van der Waals surface area contributed by atoms with Crippen molar-refractivity contribution in [2.24, 2.45) is 0 Å². The average Bonchev–Trinajstić information content (AvgIpc) is 2.48. The number of aromatic nitrogens is 1.